The average molecular weight is 330 g/mol. The van der Waals surface area contributed by atoms with Crippen molar-refractivity contribution in [2.45, 2.75) is 11.7 Å². The summed E-state index contributed by atoms with van der Waals surface area (Å²) in [6.45, 7) is 1.00. The SMILES string of the molecule is O=C(NN1CCS(=O)(=O)CC1)c1cnc2n(c1=O)CCS2. The molecule has 2 aliphatic heterocycles. The van der Waals surface area contributed by atoms with E-state index < -0.39 is 15.7 Å². The molecule has 0 radical (unpaired) electrons. The highest BCUT2D eigenvalue weighted by Gasteiger charge is 2.25. The molecule has 1 N–H and O–H groups in total. The molecule has 1 aromatic rings. The van der Waals surface area contributed by atoms with E-state index in [0.29, 0.717) is 11.7 Å². The molecule has 10 heteroatoms. The zero-order valence-corrected chi connectivity index (χ0v) is 12.7. The van der Waals surface area contributed by atoms with Crippen LogP contribution in [-0.4, -0.2) is 59.2 Å². The molecule has 2 aliphatic rings. The zero-order valence-electron chi connectivity index (χ0n) is 11.1. The monoisotopic (exact) mass is 330 g/mol. The quantitative estimate of drug-likeness (QED) is 0.674. The molecule has 0 bridgehead atoms. The Hall–Kier alpha value is -1.39. The highest BCUT2D eigenvalue weighted by atomic mass is 32.2. The van der Waals surface area contributed by atoms with Crippen LogP contribution in [0.3, 0.4) is 0 Å². The van der Waals surface area contributed by atoms with E-state index in [4.69, 9.17) is 0 Å². The van der Waals surface area contributed by atoms with E-state index in [1.165, 1.54) is 27.5 Å². The molecule has 0 atom stereocenters. The van der Waals surface area contributed by atoms with Gasteiger partial charge in [0, 0.05) is 31.6 Å². The molecule has 0 aromatic carbocycles. The van der Waals surface area contributed by atoms with Gasteiger partial charge in [-0.05, 0) is 0 Å². The first-order valence-corrected chi connectivity index (χ1v) is 9.26. The van der Waals surface area contributed by atoms with E-state index in [2.05, 4.69) is 10.4 Å². The van der Waals surface area contributed by atoms with Crippen LogP contribution in [0.2, 0.25) is 0 Å². The minimum absolute atomic E-state index is 0.00530. The van der Waals surface area contributed by atoms with Gasteiger partial charge in [0.25, 0.3) is 11.5 Å². The molecular formula is C11H14N4O4S2. The Morgan fingerprint density at radius 2 is 2.00 bits per heavy atom. The zero-order chi connectivity index (χ0) is 15.0. The lowest BCUT2D eigenvalue weighted by Gasteiger charge is -2.26. The number of amides is 1. The highest BCUT2D eigenvalue weighted by Crippen LogP contribution is 2.20. The van der Waals surface area contributed by atoms with E-state index in [1.54, 1.807) is 0 Å². The molecule has 1 fully saturated rings. The minimum atomic E-state index is -3.01. The molecule has 114 valence electrons. The van der Waals surface area contributed by atoms with E-state index in [-0.39, 0.29) is 35.7 Å². The summed E-state index contributed by atoms with van der Waals surface area (Å²) in [4.78, 5) is 28.4. The standard InChI is InChI=1S/C11H14N4O4S2/c16-9(13-14-2-5-21(18,19)6-3-14)8-7-12-11-15(10(8)17)1-4-20-11/h7H,1-6H2,(H,13,16). The van der Waals surface area contributed by atoms with Crippen LogP contribution in [0.15, 0.2) is 16.1 Å². The third-order valence-corrected chi connectivity index (χ3v) is 5.99. The molecule has 8 nitrogen and oxygen atoms in total. The van der Waals surface area contributed by atoms with Gasteiger partial charge in [0.15, 0.2) is 15.0 Å². The van der Waals surface area contributed by atoms with Crippen molar-refractivity contribution in [1.29, 1.82) is 0 Å². The summed E-state index contributed by atoms with van der Waals surface area (Å²) >= 11 is 1.48. The predicted octanol–water partition coefficient (Wildman–Crippen LogP) is -1.28. The number of hydrogen-bond donors (Lipinski definition) is 1. The molecule has 3 heterocycles. The second kappa shape index (κ2) is 5.43. The molecule has 1 amide bonds. The van der Waals surface area contributed by atoms with Crippen molar-refractivity contribution in [2.75, 3.05) is 30.3 Å². The van der Waals surface area contributed by atoms with Gasteiger partial charge in [-0.2, -0.15) is 0 Å². The number of carbonyl (C=O) groups excluding carboxylic acids is 1. The molecular weight excluding hydrogens is 316 g/mol. The number of fused-ring (bicyclic) bond motifs is 1. The number of nitrogens with zero attached hydrogens (tertiary/aromatic N) is 3. The fourth-order valence-corrected chi connectivity index (χ4v) is 4.32. The van der Waals surface area contributed by atoms with Crippen LogP contribution in [0.25, 0.3) is 0 Å². The van der Waals surface area contributed by atoms with Crippen LogP contribution in [0.1, 0.15) is 10.4 Å². The second-order valence-corrected chi connectivity index (χ2v) is 8.21. The summed E-state index contributed by atoms with van der Waals surface area (Å²) in [6.07, 6.45) is 1.28. The molecule has 1 aromatic heterocycles. The Morgan fingerprint density at radius 1 is 1.29 bits per heavy atom. The van der Waals surface area contributed by atoms with Gasteiger partial charge >= 0.3 is 0 Å². The number of thioether (sulfide) groups is 1. The number of nitrogens with one attached hydrogen (secondary N) is 1. The van der Waals surface area contributed by atoms with Crippen molar-refractivity contribution in [1.82, 2.24) is 20.0 Å². The van der Waals surface area contributed by atoms with Crippen molar-refractivity contribution in [3.63, 3.8) is 0 Å². The van der Waals surface area contributed by atoms with Gasteiger partial charge in [-0.15, -0.1) is 0 Å². The maximum Gasteiger partial charge on any atom is 0.272 e. The van der Waals surface area contributed by atoms with Gasteiger partial charge in [0.2, 0.25) is 0 Å². The Balaban J connectivity index is 1.74. The van der Waals surface area contributed by atoms with E-state index >= 15 is 0 Å². The summed E-state index contributed by atoms with van der Waals surface area (Å²) in [5, 5.41) is 2.15. The van der Waals surface area contributed by atoms with Crippen molar-refractivity contribution in [3.05, 3.63) is 22.1 Å². The lowest BCUT2D eigenvalue weighted by atomic mass is 10.3. The molecule has 1 saturated heterocycles. The van der Waals surface area contributed by atoms with Gasteiger partial charge in [-0.3, -0.25) is 19.6 Å². The van der Waals surface area contributed by atoms with Crippen LogP contribution in [0.4, 0.5) is 0 Å². The van der Waals surface area contributed by atoms with Crippen molar-refractivity contribution in [3.8, 4) is 0 Å². The van der Waals surface area contributed by atoms with Crippen LogP contribution < -0.4 is 11.0 Å². The van der Waals surface area contributed by atoms with Gasteiger partial charge in [0.1, 0.15) is 5.56 Å². The minimum Gasteiger partial charge on any atom is -0.286 e. The average Bonchev–Trinajstić information content (AvgIpc) is 2.91. The van der Waals surface area contributed by atoms with Gasteiger partial charge in [0.05, 0.1) is 11.5 Å². The maximum atomic E-state index is 12.2. The number of aromatic nitrogens is 2. The molecule has 21 heavy (non-hydrogen) atoms. The van der Waals surface area contributed by atoms with Gasteiger partial charge in [-0.25, -0.2) is 18.4 Å². The number of hydrogen-bond acceptors (Lipinski definition) is 7. The molecule has 0 aliphatic carbocycles. The maximum absolute atomic E-state index is 12.2. The molecule has 3 rings (SSSR count). The number of rotatable bonds is 2. The van der Waals surface area contributed by atoms with E-state index in [9.17, 15) is 18.0 Å². The molecule has 0 unspecified atom stereocenters. The Bertz CT molecular complexity index is 729. The summed E-state index contributed by atoms with van der Waals surface area (Å²) < 4.78 is 24.1. The lowest BCUT2D eigenvalue weighted by molar-refractivity contribution is 0.0799. The Labute approximate surface area is 125 Å². The molecule has 0 spiro atoms. The van der Waals surface area contributed by atoms with Crippen LogP contribution >= 0.6 is 11.8 Å². The van der Waals surface area contributed by atoms with Crippen molar-refractivity contribution in [2.24, 2.45) is 0 Å². The molecule has 0 saturated carbocycles. The first kappa shape index (κ1) is 14.5. The first-order valence-electron chi connectivity index (χ1n) is 6.45. The number of hydrazine groups is 1. The predicted molar refractivity (Wildman–Crippen MR) is 76.9 cm³/mol. The van der Waals surface area contributed by atoms with Gasteiger partial charge < -0.3 is 0 Å². The van der Waals surface area contributed by atoms with E-state index in [1.807, 2.05) is 0 Å². The Morgan fingerprint density at radius 3 is 2.71 bits per heavy atom. The van der Waals surface area contributed by atoms with Crippen LogP contribution in [-0.2, 0) is 16.4 Å². The van der Waals surface area contributed by atoms with Crippen molar-refractivity contribution < 1.29 is 13.2 Å². The van der Waals surface area contributed by atoms with Crippen LogP contribution in [0.5, 0.6) is 0 Å². The summed E-state index contributed by atoms with van der Waals surface area (Å²) in [6, 6.07) is 0. The summed E-state index contributed by atoms with van der Waals surface area (Å²) in [7, 11) is -3.01. The van der Waals surface area contributed by atoms with Gasteiger partial charge in [-0.1, -0.05) is 11.8 Å². The highest BCUT2D eigenvalue weighted by molar-refractivity contribution is 7.99. The number of sulfone groups is 1. The fourth-order valence-electron chi connectivity index (χ4n) is 2.20. The third-order valence-electron chi connectivity index (χ3n) is 3.41. The van der Waals surface area contributed by atoms with Crippen LogP contribution in [0, 0.1) is 0 Å². The second-order valence-electron chi connectivity index (χ2n) is 4.84. The Kier molecular flexibility index (Phi) is 3.76. The third kappa shape index (κ3) is 2.97. The largest absolute Gasteiger partial charge is 0.286 e. The summed E-state index contributed by atoms with van der Waals surface area (Å²) in [5.74, 6) is 0.243. The smallest absolute Gasteiger partial charge is 0.272 e. The van der Waals surface area contributed by atoms with E-state index in [0.717, 1.165) is 5.75 Å². The first-order chi connectivity index (χ1) is 9.96. The summed E-state index contributed by atoms with van der Waals surface area (Å²) in [5.41, 5.74) is 2.20. The van der Waals surface area contributed by atoms with Crippen molar-refractivity contribution >= 4 is 27.5 Å². The number of carbonyl (C=O) groups is 1. The lowest BCUT2D eigenvalue weighted by Crippen LogP contribution is -2.51. The fraction of sp³-hybridized carbons (Fsp3) is 0.545. The normalized spacial score (nSPS) is 21.0. The topological polar surface area (TPSA) is 101 Å².